The van der Waals surface area contributed by atoms with Crippen LogP contribution in [0.4, 0.5) is 0 Å². The van der Waals surface area contributed by atoms with Gasteiger partial charge in [-0.05, 0) is 69.8 Å². The summed E-state index contributed by atoms with van der Waals surface area (Å²) >= 11 is 4.27. The maximum atomic E-state index is 10.3. The molecule has 0 aromatic heterocycles. The first-order valence-corrected chi connectivity index (χ1v) is 5.96. The summed E-state index contributed by atoms with van der Waals surface area (Å²) < 4.78 is 7.05. The lowest BCUT2D eigenvalue weighted by molar-refractivity contribution is -0.139. The van der Waals surface area contributed by atoms with Gasteiger partial charge in [0.2, 0.25) is 0 Å². The molecular weight excluding hydrogens is 410 g/mol. The van der Waals surface area contributed by atoms with Crippen LogP contribution in [0.3, 0.4) is 0 Å². The van der Waals surface area contributed by atoms with Gasteiger partial charge < -0.3 is 9.84 Å². The average Bonchev–Trinajstić information content (AvgIpc) is 2.01. The molecule has 0 radical (unpaired) electrons. The van der Waals surface area contributed by atoms with Crippen LogP contribution in [0.25, 0.3) is 0 Å². The third-order valence-corrected chi connectivity index (χ3v) is 3.09. The topological polar surface area (TPSA) is 46.5 Å². The summed E-state index contributed by atoms with van der Waals surface area (Å²) in [4.78, 5) is 10.3. The Labute approximate surface area is 109 Å². The summed E-state index contributed by atoms with van der Waals surface area (Å²) in [5, 5.41) is 8.48. The summed E-state index contributed by atoms with van der Waals surface area (Å²) in [6, 6.07) is 3.92. The highest BCUT2D eigenvalue weighted by Gasteiger charge is 2.08. The van der Waals surface area contributed by atoms with Gasteiger partial charge in [0.25, 0.3) is 0 Å². The minimum absolute atomic E-state index is 0.297. The number of hydrogen-bond donors (Lipinski definition) is 1. The van der Waals surface area contributed by atoms with Crippen LogP contribution in [0.2, 0.25) is 0 Å². The third-order valence-electron chi connectivity index (χ3n) is 1.48. The molecule has 1 N–H and O–H groups in total. The Morgan fingerprint density at radius 3 is 2.36 bits per heavy atom. The number of benzene rings is 1. The van der Waals surface area contributed by atoms with Crippen LogP contribution in [0.5, 0.6) is 5.75 Å². The molecule has 0 heterocycles. The van der Waals surface area contributed by atoms with Gasteiger partial charge in [-0.3, -0.25) is 0 Å². The number of carboxylic acid groups (broad SMARTS) is 1. The van der Waals surface area contributed by atoms with Crippen LogP contribution in [0.15, 0.2) is 12.1 Å². The molecule has 1 aromatic rings. The number of carbonyl (C=O) groups is 1. The van der Waals surface area contributed by atoms with Crippen LogP contribution >= 0.6 is 45.2 Å². The third kappa shape index (κ3) is 3.26. The molecule has 5 heteroatoms. The summed E-state index contributed by atoms with van der Waals surface area (Å²) in [6.07, 6.45) is 0. The normalized spacial score (nSPS) is 9.93. The lowest BCUT2D eigenvalue weighted by Gasteiger charge is -2.09. The van der Waals surface area contributed by atoms with E-state index in [2.05, 4.69) is 45.2 Å². The minimum Gasteiger partial charge on any atom is -0.480 e. The first-order valence-electron chi connectivity index (χ1n) is 3.81. The van der Waals surface area contributed by atoms with Crippen molar-refractivity contribution in [3.05, 3.63) is 24.8 Å². The Morgan fingerprint density at radius 2 is 1.93 bits per heavy atom. The predicted octanol–water partition coefficient (Wildman–Crippen LogP) is 2.67. The van der Waals surface area contributed by atoms with Gasteiger partial charge in [0, 0.05) is 0 Å². The minimum atomic E-state index is -0.961. The van der Waals surface area contributed by atoms with Gasteiger partial charge in [0.15, 0.2) is 6.61 Å². The maximum Gasteiger partial charge on any atom is 0.341 e. The molecule has 0 fully saturated rings. The van der Waals surface area contributed by atoms with Crippen molar-refractivity contribution in [2.24, 2.45) is 0 Å². The highest BCUT2D eigenvalue weighted by atomic mass is 127. The lowest BCUT2D eigenvalue weighted by Crippen LogP contribution is -2.11. The SMILES string of the molecule is Cc1cc(I)c(OCC(=O)O)c(I)c1. The van der Waals surface area contributed by atoms with E-state index in [9.17, 15) is 4.79 Å². The van der Waals surface area contributed by atoms with E-state index in [4.69, 9.17) is 9.84 Å². The number of rotatable bonds is 3. The van der Waals surface area contributed by atoms with E-state index in [-0.39, 0.29) is 6.61 Å². The number of hydrogen-bond acceptors (Lipinski definition) is 2. The van der Waals surface area contributed by atoms with E-state index in [1.165, 1.54) is 0 Å². The number of halogens is 2. The molecule has 0 aliphatic heterocycles. The van der Waals surface area contributed by atoms with E-state index >= 15 is 0 Å². The second-order valence-electron chi connectivity index (χ2n) is 2.74. The molecule has 76 valence electrons. The van der Waals surface area contributed by atoms with Gasteiger partial charge in [0.1, 0.15) is 5.75 Å². The highest BCUT2D eigenvalue weighted by Crippen LogP contribution is 2.28. The Hall–Kier alpha value is -0.0500. The monoisotopic (exact) mass is 418 g/mol. The fourth-order valence-electron chi connectivity index (χ4n) is 0.958. The van der Waals surface area contributed by atoms with Gasteiger partial charge in [0.05, 0.1) is 7.14 Å². The molecule has 0 bridgehead atoms. The molecule has 0 aliphatic rings. The second kappa shape index (κ2) is 5.15. The zero-order valence-electron chi connectivity index (χ0n) is 7.38. The number of aryl methyl sites for hydroxylation is 1. The molecule has 0 unspecified atom stereocenters. The van der Waals surface area contributed by atoms with Crippen LogP contribution in [0, 0.1) is 14.1 Å². The number of ether oxygens (including phenoxy) is 1. The molecule has 1 rings (SSSR count). The molecular formula is C9H8I2O3. The Bertz CT molecular complexity index is 340. The van der Waals surface area contributed by atoms with Crippen LogP contribution < -0.4 is 4.74 Å². The van der Waals surface area contributed by atoms with Crippen molar-refractivity contribution in [3.8, 4) is 5.75 Å². The predicted molar refractivity (Wildman–Crippen MR) is 69.7 cm³/mol. The Morgan fingerprint density at radius 1 is 1.43 bits per heavy atom. The fraction of sp³-hybridized carbons (Fsp3) is 0.222. The zero-order valence-corrected chi connectivity index (χ0v) is 11.7. The van der Waals surface area contributed by atoms with Crippen LogP contribution in [-0.2, 0) is 4.79 Å². The first kappa shape index (κ1) is 12.0. The smallest absolute Gasteiger partial charge is 0.341 e. The largest absolute Gasteiger partial charge is 0.480 e. The number of aliphatic carboxylic acids is 1. The average molecular weight is 418 g/mol. The molecule has 14 heavy (non-hydrogen) atoms. The van der Waals surface area contributed by atoms with Gasteiger partial charge in [-0.2, -0.15) is 0 Å². The van der Waals surface area contributed by atoms with E-state index in [1.54, 1.807) is 0 Å². The molecule has 0 aliphatic carbocycles. The fourth-order valence-corrected chi connectivity index (χ4v) is 3.35. The zero-order chi connectivity index (χ0) is 10.7. The Kier molecular flexibility index (Phi) is 4.42. The lowest BCUT2D eigenvalue weighted by atomic mass is 10.2. The van der Waals surface area contributed by atoms with Crippen molar-refractivity contribution in [2.45, 2.75) is 6.92 Å². The maximum absolute atomic E-state index is 10.3. The van der Waals surface area contributed by atoms with Gasteiger partial charge in [-0.25, -0.2) is 4.79 Å². The summed E-state index contributed by atoms with van der Waals surface area (Å²) in [5.41, 5.74) is 1.14. The summed E-state index contributed by atoms with van der Waals surface area (Å²) in [5.74, 6) is -0.309. The van der Waals surface area contributed by atoms with E-state index < -0.39 is 5.97 Å². The standard InChI is InChI=1S/C9H8I2O3/c1-5-2-6(10)9(7(11)3-5)14-4-8(12)13/h2-3H,4H2,1H3,(H,12,13). The molecule has 1 aromatic carbocycles. The molecule has 0 amide bonds. The van der Waals surface area contributed by atoms with Crippen LogP contribution in [-0.4, -0.2) is 17.7 Å². The molecule has 0 spiro atoms. The van der Waals surface area contributed by atoms with Crippen molar-refractivity contribution in [2.75, 3.05) is 6.61 Å². The van der Waals surface area contributed by atoms with Crippen molar-refractivity contribution in [3.63, 3.8) is 0 Å². The highest BCUT2D eigenvalue weighted by molar-refractivity contribution is 14.1. The van der Waals surface area contributed by atoms with E-state index in [1.807, 2.05) is 19.1 Å². The molecule has 0 atom stereocenters. The first-order chi connectivity index (χ1) is 6.50. The van der Waals surface area contributed by atoms with Crippen molar-refractivity contribution in [1.82, 2.24) is 0 Å². The molecule has 0 saturated heterocycles. The van der Waals surface area contributed by atoms with Crippen molar-refractivity contribution >= 4 is 51.2 Å². The van der Waals surface area contributed by atoms with Gasteiger partial charge in [-0.15, -0.1) is 0 Å². The van der Waals surface area contributed by atoms with Crippen LogP contribution in [0.1, 0.15) is 5.56 Å². The van der Waals surface area contributed by atoms with Crippen molar-refractivity contribution in [1.29, 1.82) is 0 Å². The quantitative estimate of drug-likeness (QED) is 0.769. The summed E-state index contributed by atoms with van der Waals surface area (Å²) in [7, 11) is 0. The number of carboxylic acids is 1. The van der Waals surface area contributed by atoms with E-state index in [0.717, 1.165) is 12.7 Å². The summed E-state index contributed by atoms with van der Waals surface area (Å²) in [6.45, 7) is 1.69. The van der Waals surface area contributed by atoms with Gasteiger partial charge >= 0.3 is 5.97 Å². The van der Waals surface area contributed by atoms with Gasteiger partial charge in [-0.1, -0.05) is 0 Å². The Balaban J connectivity index is 2.91. The van der Waals surface area contributed by atoms with Crippen molar-refractivity contribution < 1.29 is 14.6 Å². The molecule has 0 saturated carbocycles. The second-order valence-corrected chi connectivity index (χ2v) is 5.06. The van der Waals surface area contributed by atoms with E-state index in [0.29, 0.717) is 5.75 Å². The molecule has 3 nitrogen and oxygen atoms in total.